The normalized spacial score (nSPS) is 19.2. The van der Waals surface area contributed by atoms with Crippen molar-refractivity contribution in [1.82, 2.24) is 0 Å². The fraction of sp³-hybridized carbons (Fsp3) is 0.500. The Morgan fingerprint density at radius 3 is 2.74 bits per heavy atom. The van der Waals surface area contributed by atoms with Crippen LogP contribution in [-0.2, 0) is 0 Å². The molecular weight excluding hydrogens is 263 g/mol. The first-order chi connectivity index (χ1) is 9.17. The first-order valence-electron chi connectivity index (χ1n) is 6.97. The van der Waals surface area contributed by atoms with Crippen LogP contribution in [0.25, 0.3) is 5.57 Å². The predicted molar refractivity (Wildman–Crippen MR) is 78.2 cm³/mol. The van der Waals surface area contributed by atoms with E-state index in [2.05, 4.69) is 13.0 Å². The van der Waals surface area contributed by atoms with E-state index in [0.29, 0.717) is 17.9 Å². The number of hydrogen-bond donors (Lipinski definition) is 0. The van der Waals surface area contributed by atoms with E-state index in [0.717, 1.165) is 30.8 Å². The van der Waals surface area contributed by atoms with E-state index in [4.69, 9.17) is 16.3 Å². The number of allylic oxidation sites excluding steroid dienone is 2. The lowest BCUT2D eigenvalue weighted by atomic mass is 9.85. The van der Waals surface area contributed by atoms with Crippen LogP contribution in [0, 0.1) is 11.7 Å². The zero-order valence-corrected chi connectivity index (χ0v) is 12.3. The van der Waals surface area contributed by atoms with Gasteiger partial charge in [0.2, 0.25) is 0 Å². The van der Waals surface area contributed by atoms with E-state index in [9.17, 15) is 4.39 Å². The van der Waals surface area contributed by atoms with Gasteiger partial charge < -0.3 is 4.74 Å². The fourth-order valence-corrected chi connectivity index (χ4v) is 2.77. The van der Waals surface area contributed by atoms with E-state index in [1.165, 1.54) is 6.42 Å². The van der Waals surface area contributed by atoms with E-state index in [1.54, 1.807) is 12.1 Å². The van der Waals surface area contributed by atoms with E-state index < -0.39 is 0 Å². The van der Waals surface area contributed by atoms with Crippen molar-refractivity contribution in [2.45, 2.75) is 39.5 Å². The lowest BCUT2D eigenvalue weighted by Gasteiger charge is -2.21. The molecule has 0 aliphatic heterocycles. The highest BCUT2D eigenvalue weighted by molar-refractivity contribution is 6.32. The molecule has 0 saturated carbocycles. The van der Waals surface area contributed by atoms with Crippen molar-refractivity contribution in [3.8, 4) is 5.75 Å². The summed E-state index contributed by atoms with van der Waals surface area (Å²) in [5, 5.41) is 0.0952. The second kappa shape index (κ2) is 6.42. The standard InChI is InChI=1S/C16H20ClFO/c1-3-11-5-7-12(8-6-11)13-9-10-14(19-4-2)15(17)16(13)18/h7,9-11H,3-6,8H2,1-2H3. The van der Waals surface area contributed by atoms with Gasteiger partial charge in [-0.05, 0) is 49.8 Å². The summed E-state index contributed by atoms with van der Waals surface area (Å²) in [5.74, 6) is 0.812. The largest absolute Gasteiger partial charge is 0.492 e. The summed E-state index contributed by atoms with van der Waals surface area (Å²) in [5.41, 5.74) is 1.70. The predicted octanol–water partition coefficient (Wildman–Crippen LogP) is 5.47. The molecule has 0 N–H and O–H groups in total. The van der Waals surface area contributed by atoms with Crippen molar-refractivity contribution in [2.75, 3.05) is 6.61 Å². The number of rotatable bonds is 4. The van der Waals surface area contributed by atoms with Gasteiger partial charge in [-0.3, -0.25) is 0 Å². The second-order valence-electron chi connectivity index (χ2n) is 4.95. The van der Waals surface area contributed by atoms with Gasteiger partial charge in [0.25, 0.3) is 0 Å². The number of ether oxygens (including phenoxy) is 1. The minimum atomic E-state index is -0.353. The minimum Gasteiger partial charge on any atom is -0.492 e. The van der Waals surface area contributed by atoms with Gasteiger partial charge in [-0.1, -0.05) is 31.0 Å². The Kier molecular flexibility index (Phi) is 4.87. The highest BCUT2D eigenvalue weighted by Gasteiger charge is 2.19. The van der Waals surface area contributed by atoms with Gasteiger partial charge in [-0.15, -0.1) is 0 Å². The van der Waals surface area contributed by atoms with Crippen LogP contribution in [0.3, 0.4) is 0 Å². The topological polar surface area (TPSA) is 9.23 Å². The second-order valence-corrected chi connectivity index (χ2v) is 5.33. The molecular formula is C16H20ClFO. The van der Waals surface area contributed by atoms with Crippen molar-refractivity contribution in [2.24, 2.45) is 5.92 Å². The third-order valence-electron chi connectivity index (χ3n) is 3.79. The van der Waals surface area contributed by atoms with Crippen LogP contribution in [0.4, 0.5) is 4.39 Å². The first-order valence-corrected chi connectivity index (χ1v) is 7.35. The first kappa shape index (κ1) is 14.4. The Bertz CT molecular complexity index is 482. The Morgan fingerprint density at radius 2 is 2.16 bits per heavy atom. The molecule has 1 unspecified atom stereocenters. The molecule has 0 fully saturated rings. The Morgan fingerprint density at radius 1 is 1.37 bits per heavy atom. The van der Waals surface area contributed by atoms with Crippen LogP contribution < -0.4 is 4.74 Å². The van der Waals surface area contributed by atoms with Gasteiger partial charge in [0.1, 0.15) is 10.8 Å². The minimum absolute atomic E-state index is 0.0952. The van der Waals surface area contributed by atoms with Crippen LogP contribution in [0.15, 0.2) is 18.2 Å². The van der Waals surface area contributed by atoms with Gasteiger partial charge in [0.05, 0.1) is 6.61 Å². The highest BCUT2D eigenvalue weighted by Crippen LogP contribution is 2.37. The third kappa shape index (κ3) is 3.11. The Hall–Kier alpha value is -1.02. The molecule has 0 radical (unpaired) electrons. The quantitative estimate of drug-likeness (QED) is 0.711. The molecule has 0 heterocycles. The maximum absolute atomic E-state index is 14.3. The molecule has 19 heavy (non-hydrogen) atoms. The molecule has 0 bridgehead atoms. The molecule has 1 nitrogen and oxygen atoms in total. The lowest BCUT2D eigenvalue weighted by Crippen LogP contribution is -2.05. The molecule has 1 aliphatic carbocycles. The Labute approximate surface area is 119 Å². The van der Waals surface area contributed by atoms with E-state index in [1.807, 2.05) is 6.92 Å². The van der Waals surface area contributed by atoms with Crippen LogP contribution in [0.1, 0.15) is 45.1 Å². The van der Waals surface area contributed by atoms with Gasteiger partial charge in [-0.2, -0.15) is 0 Å². The summed E-state index contributed by atoms with van der Waals surface area (Å²) in [4.78, 5) is 0. The number of hydrogen-bond acceptors (Lipinski definition) is 1. The van der Waals surface area contributed by atoms with Gasteiger partial charge in [0.15, 0.2) is 5.82 Å². The summed E-state index contributed by atoms with van der Waals surface area (Å²) in [6.07, 6.45) is 6.45. The van der Waals surface area contributed by atoms with Crippen LogP contribution in [0.2, 0.25) is 5.02 Å². The van der Waals surface area contributed by atoms with Crippen LogP contribution >= 0.6 is 11.6 Å². The highest BCUT2D eigenvalue weighted by atomic mass is 35.5. The fourth-order valence-electron chi connectivity index (χ4n) is 2.55. The summed E-state index contributed by atoms with van der Waals surface area (Å²) in [6.45, 7) is 4.55. The zero-order valence-electron chi connectivity index (χ0n) is 11.5. The summed E-state index contributed by atoms with van der Waals surface area (Å²) >= 11 is 6.03. The van der Waals surface area contributed by atoms with Gasteiger partial charge in [0, 0.05) is 5.56 Å². The summed E-state index contributed by atoms with van der Waals surface area (Å²) in [6, 6.07) is 3.54. The third-order valence-corrected chi connectivity index (χ3v) is 4.14. The molecule has 2 rings (SSSR count). The average Bonchev–Trinajstić information content (AvgIpc) is 2.45. The Balaban J connectivity index is 2.27. The van der Waals surface area contributed by atoms with Gasteiger partial charge in [-0.25, -0.2) is 4.39 Å². The summed E-state index contributed by atoms with van der Waals surface area (Å²) in [7, 11) is 0. The molecule has 0 spiro atoms. The summed E-state index contributed by atoms with van der Waals surface area (Å²) < 4.78 is 19.6. The molecule has 104 valence electrons. The number of halogens is 2. The molecule has 1 aromatic rings. The monoisotopic (exact) mass is 282 g/mol. The molecule has 1 atom stereocenters. The zero-order chi connectivity index (χ0) is 13.8. The van der Waals surface area contributed by atoms with Crippen molar-refractivity contribution >= 4 is 17.2 Å². The molecule has 0 saturated heterocycles. The molecule has 1 aromatic carbocycles. The lowest BCUT2D eigenvalue weighted by molar-refractivity contribution is 0.338. The maximum Gasteiger partial charge on any atom is 0.153 e. The number of benzene rings is 1. The molecule has 0 amide bonds. The average molecular weight is 283 g/mol. The maximum atomic E-state index is 14.3. The van der Waals surface area contributed by atoms with Gasteiger partial charge >= 0.3 is 0 Å². The molecule has 3 heteroatoms. The van der Waals surface area contributed by atoms with Crippen molar-refractivity contribution in [3.63, 3.8) is 0 Å². The van der Waals surface area contributed by atoms with E-state index >= 15 is 0 Å². The van der Waals surface area contributed by atoms with E-state index in [-0.39, 0.29) is 10.8 Å². The van der Waals surface area contributed by atoms with Crippen molar-refractivity contribution in [3.05, 3.63) is 34.6 Å². The molecule has 0 aromatic heterocycles. The van der Waals surface area contributed by atoms with Crippen molar-refractivity contribution < 1.29 is 9.13 Å². The van der Waals surface area contributed by atoms with Crippen LogP contribution in [0.5, 0.6) is 5.75 Å². The SMILES string of the molecule is CCOc1ccc(C2=CCC(CC)CC2)c(F)c1Cl. The smallest absolute Gasteiger partial charge is 0.153 e. The molecule has 1 aliphatic rings. The van der Waals surface area contributed by atoms with Crippen molar-refractivity contribution in [1.29, 1.82) is 0 Å². The van der Waals surface area contributed by atoms with Crippen LogP contribution in [-0.4, -0.2) is 6.61 Å².